The number of nitrogens with zero attached hydrogens (tertiary/aromatic N) is 2. The minimum Gasteiger partial charge on any atom is -0.497 e. The Labute approximate surface area is 113 Å². The van der Waals surface area contributed by atoms with Gasteiger partial charge in [-0.25, -0.2) is 0 Å². The SMILES string of the molecule is COc1ccc(OCCN(C)CCC(N)=NO)cc1. The average Bonchev–Trinajstić information content (AvgIpc) is 2.45. The topological polar surface area (TPSA) is 80.3 Å². The predicted octanol–water partition coefficient (Wildman–Crippen LogP) is 1.14. The van der Waals surface area contributed by atoms with Crippen LogP contribution < -0.4 is 15.2 Å². The van der Waals surface area contributed by atoms with Crippen molar-refractivity contribution in [2.45, 2.75) is 6.42 Å². The van der Waals surface area contributed by atoms with Crippen LogP contribution in [0.3, 0.4) is 0 Å². The molecule has 1 rings (SSSR count). The number of oxime groups is 1. The Balaban J connectivity index is 2.21. The molecule has 1 aromatic carbocycles. The Hall–Kier alpha value is -1.95. The van der Waals surface area contributed by atoms with E-state index >= 15 is 0 Å². The van der Waals surface area contributed by atoms with Gasteiger partial charge in [0.25, 0.3) is 0 Å². The number of rotatable bonds is 8. The number of ether oxygens (including phenoxy) is 2. The summed E-state index contributed by atoms with van der Waals surface area (Å²) in [5, 5.41) is 11.4. The van der Waals surface area contributed by atoms with E-state index in [1.165, 1.54) is 0 Å². The first-order chi connectivity index (χ1) is 9.15. The summed E-state index contributed by atoms with van der Waals surface area (Å²) >= 11 is 0. The van der Waals surface area contributed by atoms with Crippen molar-refractivity contribution in [2.75, 3.05) is 33.9 Å². The summed E-state index contributed by atoms with van der Waals surface area (Å²) in [6, 6.07) is 7.46. The highest BCUT2D eigenvalue weighted by atomic mass is 16.5. The quantitative estimate of drug-likeness (QED) is 0.319. The van der Waals surface area contributed by atoms with E-state index in [0.717, 1.165) is 24.6 Å². The van der Waals surface area contributed by atoms with Crippen molar-refractivity contribution >= 4 is 5.84 Å². The lowest BCUT2D eigenvalue weighted by molar-refractivity contribution is 0.239. The third-order valence-electron chi connectivity index (χ3n) is 2.68. The molecule has 0 atom stereocenters. The molecule has 0 spiro atoms. The first-order valence-electron chi connectivity index (χ1n) is 6.07. The summed E-state index contributed by atoms with van der Waals surface area (Å²) in [5.41, 5.74) is 5.40. The van der Waals surface area contributed by atoms with Gasteiger partial charge in [-0.15, -0.1) is 0 Å². The second-order valence-electron chi connectivity index (χ2n) is 4.17. The molecule has 0 bridgehead atoms. The van der Waals surface area contributed by atoms with Crippen LogP contribution in [0.15, 0.2) is 29.4 Å². The number of benzene rings is 1. The fourth-order valence-electron chi connectivity index (χ4n) is 1.46. The fourth-order valence-corrected chi connectivity index (χ4v) is 1.46. The largest absolute Gasteiger partial charge is 0.497 e. The number of nitrogens with two attached hydrogens (primary N) is 1. The van der Waals surface area contributed by atoms with Gasteiger partial charge in [-0.3, -0.25) is 0 Å². The van der Waals surface area contributed by atoms with E-state index in [0.29, 0.717) is 13.0 Å². The van der Waals surface area contributed by atoms with Gasteiger partial charge in [0.2, 0.25) is 0 Å². The lowest BCUT2D eigenvalue weighted by Gasteiger charge is -2.16. The van der Waals surface area contributed by atoms with Gasteiger partial charge >= 0.3 is 0 Å². The molecule has 0 aliphatic heterocycles. The molecule has 0 aliphatic carbocycles. The molecule has 0 saturated carbocycles. The zero-order valence-electron chi connectivity index (χ0n) is 11.4. The Morgan fingerprint density at radius 1 is 1.26 bits per heavy atom. The number of amidine groups is 1. The minimum atomic E-state index is 0.239. The van der Waals surface area contributed by atoms with Crippen molar-refractivity contribution in [1.29, 1.82) is 0 Å². The van der Waals surface area contributed by atoms with Gasteiger partial charge in [-0.2, -0.15) is 0 Å². The van der Waals surface area contributed by atoms with Gasteiger partial charge in [-0.05, 0) is 31.3 Å². The summed E-state index contributed by atoms with van der Waals surface area (Å²) in [6.45, 7) is 2.08. The lowest BCUT2D eigenvalue weighted by Crippen LogP contribution is -2.28. The zero-order chi connectivity index (χ0) is 14.1. The second kappa shape index (κ2) is 8.20. The Bertz CT molecular complexity index is 393. The Kier molecular flexibility index (Phi) is 6.52. The van der Waals surface area contributed by atoms with E-state index in [4.69, 9.17) is 20.4 Å². The molecule has 0 radical (unpaired) electrons. The number of hydrogen-bond donors (Lipinski definition) is 2. The van der Waals surface area contributed by atoms with Gasteiger partial charge in [0, 0.05) is 19.5 Å². The molecule has 106 valence electrons. The number of likely N-dealkylation sites (N-methyl/N-ethyl adjacent to an activating group) is 1. The third-order valence-corrected chi connectivity index (χ3v) is 2.68. The fraction of sp³-hybridized carbons (Fsp3) is 0.462. The van der Waals surface area contributed by atoms with Crippen LogP contribution in [0.4, 0.5) is 0 Å². The summed E-state index contributed by atoms with van der Waals surface area (Å²) in [4.78, 5) is 2.06. The average molecular weight is 267 g/mol. The van der Waals surface area contributed by atoms with Crippen molar-refractivity contribution in [3.05, 3.63) is 24.3 Å². The molecule has 3 N–H and O–H groups in total. The first-order valence-corrected chi connectivity index (χ1v) is 6.07. The summed E-state index contributed by atoms with van der Waals surface area (Å²) in [6.07, 6.45) is 0.537. The minimum absolute atomic E-state index is 0.239. The highest BCUT2D eigenvalue weighted by Gasteiger charge is 2.01. The van der Waals surface area contributed by atoms with Crippen LogP contribution in [0.1, 0.15) is 6.42 Å². The summed E-state index contributed by atoms with van der Waals surface area (Å²) < 4.78 is 10.7. The molecule has 0 fully saturated rings. The van der Waals surface area contributed by atoms with Gasteiger partial charge in [0.1, 0.15) is 23.9 Å². The lowest BCUT2D eigenvalue weighted by atomic mass is 10.3. The standard InChI is InChI=1S/C13H21N3O3/c1-16(8-7-13(14)15-17)9-10-19-12-5-3-11(18-2)4-6-12/h3-6,17H,7-10H2,1-2H3,(H2,14,15). The molecule has 0 unspecified atom stereocenters. The molecule has 1 aromatic rings. The second-order valence-corrected chi connectivity index (χ2v) is 4.17. The monoisotopic (exact) mass is 267 g/mol. The number of methoxy groups -OCH3 is 1. The smallest absolute Gasteiger partial charge is 0.140 e. The Morgan fingerprint density at radius 3 is 2.47 bits per heavy atom. The maximum absolute atomic E-state index is 8.42. The van der Waals surface area contributed by atoms with E-state index in [1.54, 1.807) is 7.11 Å². The van der Waals surface area contributed by atoms with Crippen molar-refractivity contribution in [3.63, 3.8) is 0 Å². The molecular formula is C13H21N3O3. The van der Waals surface area contributed by atoms with Crippen LogP contribution in [0.2, 0.25) is 0 Å². The molecule has 0 aliphatic rings. The van der Waals surface area contributed by atoms with E-state index in [1.807, 2.05) is 31.3 Å². The molecule has 19 heavy (non-hydrogen) atoms. The van der Waals surface area contributed by atoms with E-state index < -0.39 is 0 Å². The van der Waals surface area contributed by atoms with Crippen LogP contribution in [0.25, 0.3) is 0 Å². The number of hydrogen-bond acceptors (Lipinski definition) is 5. The van der Waals surface area contributed by atoms with Crippen molar-refractivity contribution in [1.82, 2.24) is 4.90 Å². The summed E-state index contributed by atoms with van der Waals surface area (Å²) in [5.74, 6) is 1.86. The highest BCUT2D eigenvalue weighted by molar-refractivity contribution is 5.79. The maximum Gasteiger partial charge on any atom is 0.140 e. The predicted molar refractivity (Wildman–Crippen MR) is 74.0 cm³/mol. The molecule has 0 heterocycles. The van der Waals surface area contributed by atoms with Crippen molar-refractivity contribution in [2.24, 2.45) is 10.9 Å². The van der Waals surface area contributed by atoms with E-state index in [2.05, 4.69) is 10.1 Å². The van der Waals surface area contributed by atoms with Gasteiger partial charge < -0.3 is 25.3 Å². The van der Waals surface area contributed by atoms with Crippen LogP contribution in [-0.2, 0) is 0 Å². The van der Waals surface area contributed by atoms with Gasteiger partial charge in [-0.1, -0.05) is 5.16 Å². The third kappa shape index (κ3) is 5.96. The molecule has 0 amide bonds. The van der Waals surface area contributed by atoms with E-state index in [-0.39, 0.29) is 5.84 Å². The first kappa shape index (κ1) is 15.1. The van der Waals surface area contributed by atoms with Crippen LogP contribution in [0.5, 0.6) is 11.5 Å². The maximum atomic E-state index is 8.42. The summed E-state index contributed by atoms with van der Waals surface area (Å²) in [7, 11) is 3.59. The van der Waals surface area contributed by atoms with Gasteiger partial charge in [0.05, 0.1) is 7.11 Å². The highest BCUT2D eigenvalue weighted by Crippen LogP contribution is 2.16. The molecule has 6 nitrogen and oxygen atoms in total. The van der Waals surface area contributed by atoms with Crippen molar-refractivity contribution < 1.29 is 14.7 Å². The Morgan fingerprint density at radius 2 is 1.89 bits per heavy atom. The van der Waals surface area contributed by atoms with Crippen LogP contribution >= 0.6 is 0 Å². The van der Waals surface area contributed by atoms with Crippen LogP contribution in [0, 0.1) is 0 Å². The van der Waals surface area contributed by atoms with Gasteiger partial charge in [0.15, 0.2) is 0 Å². The molecule has 0 saturated heterocycles. The van der Waals surface area contributed by atoms with Crippen molar-refractivity contribution in [3.8, 4) is 11.5 Å². The zero-order valence-corrected chi connectivity index (χ0v) is 11.4. The molecular weight excluding hydrogens is 246 g/mol. The molecule has 6 heteroatoms. The normalized spacial score (nSPS) is 11.6. The van der Waals surface area contributed by atoms with Crippen LogP contribution in [-0.4, -0.2) is 49.8 Å². The molecule has 0 aromatic heterocycles. The van der Waals surface area contributed by atoms with E-state index in [9.17, 15) is 0 Å².